The van der Waals surface area contributed by atoms with Gasteiger partial charge in [-0.2, -0.15) is 0 Å². The van der Waals surface area contributed by atoms with Crippen LogP contribution >= 0.6 is 0 Å². The Kier molecular flexibility index (Phi) is 14.5. The zero-order valence-electron chi connectivity index (χ0n) is 25.2. The molecule has 1 aliphatic rings. The maximum absolute atomic E-state index is 12.4. The molecule has 2 heterocycles. The van der Waals surface area contributed by atoms with E-state index in [4.69, 9.17) is 0 Å². The number of aliphatic hydroxyl groups excluding tert-OH is 2. The molecule has 1 saturated carbocycles. The van der Waals surface area contributed by atoms with Crippen molar-refractivity contribution >= 4 is 35.4 Å². The summed E-state index contributed by atoms with van der Waals surface area (Å²) in [6, 6.07) is 6.91. The molecule has 16 heteroatoms. The van der Waals surface area contributed by atoms with Crippen LogP contribution in [-0.4, -0.2) is 106 Å². The molecule has 0 radical (unpaired) electrons. The Morgan fingerprint density at radius 2 is 1.04 bits per heavy atom. The molecule has 3 rings (SSSR count). The Bertz CT molecular complexity index is 1220. The number of amides is 6. The van der Waals surface area contributed by atoms with Gasteiger partial charge in [0.05, 0.1) is 13.2 Å². The predicted molar refractivity (Wildman–Crippen MR) is 163 cm³/mol. The van der Waals surface area contributed by atoms with Crippen LogP contribution in [0.25, 0.3) is 0 Å². The lowest BCUT2D eigenvalue weighted by Gasteiger charge is -2.29. The Morgan fingerprint density at radius 3 is 1.37 bits per heavy atom. The van der Waals surface area contributed by atoms with Crippen LogP contribution in [-0.2, 0) is 19.2 Å². The van der Waals surface area contributed by atoms with E-state index in [0.717, 1.165) is 0 Å². The topological polar surface area (TPSA) is 241 Å². The number of rotatable bonds is 16. The number of aromatic nitrogens is 2. The lowest BCUT2D eigenvalue weighted by Crippen LogP contribution is -2.50. The largest absolute Gasteiger partial charge is 0.394 e. The van der Waals surface area contributed by atoms with Crippen molar-refractivity contribution in [3.63, 3.8) is 0 Å². The first-order chi connectivity index (χ1) is 22.2. The second-order valence-corrected chi connectivity index (χ2v) is 10.6. The monoisotopic (exact) mass is 640 g/mol. The van der Waals surface area contributed by atoms with Crippen LogP contribution < -0.4 is 31.9 Å². The summed E-state index contributed by atoms with van der Waals surface area (Å²) in [6.07, 6.45) is 5.43. The Balaban J connectivity index is 1.27. The molecule has 2 atom stereocenters. The molecular formula is C30H40N8O8. The van der Waals surface area contributed by atoms with Crippen LogP contribution in [0.3, 0.4) is 0 Å². The standard InChI is InChI=1S/C30H40N8O8/c39-17-23(37-29(45)21-5-1-3-13-31-21)27(43)33-15-11-25(41)35-19-7-9-20(10-8-19)36-26(42)12-16-34-28(44)24(18-40)38-30(46)22-6-2-4-14-32-22/h1-6,13-14,19-20,23-24,39-40H,7-12,15-18H2,(H,33,43)(H,34,44)(H,35,41)(H,36,42)(H,37,45)(H,38,46)/t19?,20?,23-,24-/m0/s1. The maximum Gasteiger partial charge on any atom is 0.270 e. The van der Waals surface area contributed by atoms with E-state index < -0.39 is 48.9 Å². The first-order valence-electron chi connectivity index (χ1n) is 15.0. The fraction of sp³-hybridized carbons (Fsp3) is 0.467. The van der Waals surface area contributed by atoms with E-state index >= 15 is 0 Å². The summed E-state index contributed by atoms with van der Waals surface area (Å²) >= 11 is 0. The van der Waals surface area contributed by atoms with Gasteiger partial charge < -0.3 is 42.1 Å². The number of hydrogen-bond acceptors (Lipinski definition) is 10. The third-order valence-corrected chi connectivity index (χ3v) is 7.16. The average Bonchev–Trinajstić information content (AvgIpc) is 3.07. The van der Waals surface area contributed by atoms with Crippen molar-refractivity contribution in [3.8, 4) is 0 Å². The first-order valence-corrected chi connectivity index (χ1v) is 15.0. The van der Waals surface area contributed by atoms with Crippen LogP contribution in [0.1, 0.15) is 59.5 Å². The van der Waals surface area contributed by atoms with Crippen molar-refractivity contribution in [3.05, 3.63) is 60.2 Å². The normalized spacial score (nSPS) is 17.0. The summed E-state index contributed by atoms with van der Waals surface area (Å²) in [4.78, 5) is 81.6. The number of hydrogen-bond donors (Lipinski definition) is 8. The predicted octanol–water partition coefficient (Wildman–Crippen LogP) is -2.09. The molecule has 0 bridgehead atoms. The van der Waals surface area contributed by atoms with Crippen molar-refractivity contribution in [2.75, 3.05) is 26.3 Å². The van der Waals surface area contributed by atoms with Gasteiger partial charge in [-0.15, -0.1) is 0 Å². The van der Waals surface area contributed by atoms with E-state index in [0.29, 0.717) is 25.7 Å². The van der Waals surface area contributed by atoms with Gasteiger partial charge in [-0.3, -0.25) is 38.7 Å². The van der Waals surface area contributed by atoms with E-state index in [1.807, 2.05) is 0 Å². The second kappa shape index (κ2) is 18.8. The van der Waals surface area contributed by atoms with Gasteiger partial charge in [0.2, 0.25) is 23.6 Å². The quantitative estimate of drug-likeness (QED) is 0.0995. The van der Waals surface area contributed by atoms with Crippen molar-refractivity contribution in [1.29, 1.82) is 0 Å². The maximum atomic E-state index is 12.4. The average molecular weight is 641 g/mol. The highest BCUT2D eigenvalue weighted by Crippen LogP contribution is 2.19. The van der Waals surface area contributed by atoms with Crippen LogP contribution in [0.5, 0.6) is 0 Å². The van der Waals surface area contributed by atoms with Crippen molar-refractivity contribution in [2.24, 2.45) is 0 Å². The molecule has 6 amide bonds. The third kappa shape index (κ3) is 11.9. The Morgan fingerprint density at radius 1 is 0.652 bits per heavy atom. The fourth-order valence-corrected chi connectivity index (χ4v) is 4.67. The highest BCUT2D eigenvalue weighted by molar-refractivity contribution is 5.97. The smallest absolute Gasteiger partial charge is 0.270 e. The summed E-state index contributed by atoms with van der Waals surface area (Å²) in [5.74, 6) is -3.01. The molecule has 0 spiro atoms. The highest BCUT2D eigenvalue weighted by atomic mass is 16.3. The molecule has 0 unspecified atom stereocenters. The lowest BCUT2D eigenvalue weighted by atomic mass is 9.91. The molecule has 0 aromatic carbocycles. The molecule has 16 nitrogen and oxygen atoms in total. The minimum absolute atomic E-state index is 0.00439. The van der Waals surface area contributed by atoms with Gasteiger partial charge in [0.1, 0.15) is 23.5 Å². The van der Waals surface area contributed by atoms with Crippen LogP contribution in [0.4, 0.5) is 0 Å². The van der Waals surface area contributed by atoms with Crippen molar-refractivity contribution in [2.45, 2.75) is 62.7 Å². The molecule has 46 heavy (non-hydrogen) atoms. The molecule has 8 N–H and O–H groups in total. The van der Waals surface area contributed by atoms with Gasteiger partial charge in [-0.05, 0) is 49.9 Å². The van der Waals surface area contributed by atoms with Gasteiger partial charge in [0.15, 0.2) is 0 Å². The minimum atomic E-state index is -1.19. The van der Waals surface area contributed by atoms with Crippen LogP contribution in [0.2, 0.25) is 0 Å². The fourth-order valence-electron chi connectivity index (χ4n) is 4.67. The zero-order chi connectivity index (χ0) is 33.3. The van der Waals surface area contributed by atoms with Gasteiger partial charge in [-0.1, -0.05) is 12.1 Å². The van der Waals surface area contributed by atoms with E-state index in [9.17, 15) is 39.0 Å². The summed E-state index contributed by atoms with van der Waals surface area (Å²) in [5, 5.41) is 34.7. The molecule has 2 aromatic heterocycles. The molecular weight excluding hydrogens is 600 g/mol. The Hall–Kier alpha value is -4.96. The van der Waals surface area contributed by atoms with Gasteiger partial charge in [0, 0.05) is 50.4 Å². The molecule has 1 fully saturated rings. The van der Waals surface area contributed by atoms with E-state index in [-0.39, 0.29) is 61.2 Å². The van der Waals surface area contributed by atoms with Crippen molar-refractivity contribution < 1.29 is 39.0 Å². The summed E-state index contributed by atoms with van der Waals surface area (Å²) in [5.41, 5.74) is 0.202. The zero-order valence-corrected chi connectivity index (χ0v) is 25.2. The summed E-state index contributed by atoms with van der Waals surface area (Å²) in [7, 11) is 0. The van der Waals surface area contributed by atoms with Crippen molar-refractivity contribution in [1.82, 2.24) is 41.9 Å². The number of carbonyl (C=O) groups is 6. The number of aliphatic hydroxyl groups is 2. The molecule has 0 aliphatic heterocycles. The second-order valence-electron chi connectivity index (χ2n) is 10.6. The van der Waals surface area contributed by atoms with Gasteiger partial charge in [-0.25, -0.2) is 0 Å². The SMILES string of the molecule is O=C(CCNC(=O)[C@H](CO)NC(=O)c1ccccn1)NC1CCC(NC(=O)CCNC(=O)[C@H](CO)NC(=O)c2ccccn2)CC1. The highest BCUT2D eigenvalue weighted by Gasteiger charge is 2.25. The van der Waals surface area contributed by atoms with Gasteiger partial charge >= 0.3 is 0 Å². The number of pyridine rings is 2. The summed E-state index contributed by atoms with van der Waals surface area (Å²) in [6.45, 7) is -1.22. The van der Waals surface area contributed by atoms with E-state index in [1.165, 1.54) is 24.5 Å². The lowest BCUT2D eigenvalue weighted by molar-refractivity contribution is -0.126. The molecule has 248 valence electrons. The molecule has 1 aliphatic carbocycles. The Labute approximate surface area is 265 Å². The van der Waals surface area contributed by atoms with Crippen LogP contribution in [0, 0.1) is 0 Å². The van der Waals surface area contributed by atoms with Crippen LogP contribution in [0.15, 0.2) is 48.8 Å². The van der Waals surface area contributed by atoms with E-state index in [1.54, 1.807) is 24.3 Å². The third-order valence-electron chi connectivity index (χ3n) is 7.16. The number of nitrogens with zero attached hydrogens (tertiary/aromatic N) is 2. The number of carbonyl (C=O) groups excluding carboxylic acids is 6. The molecule has 0 saturated heterocycles. The molecule has 2 aromatic rings. The number of nitrogens with one attached hydrogen (secondary N) is 6. The first kappa shape index (κ1) is 35.5. The van der Waals surface area contributed by atoms with Gasteiger partial charge in [0.25, 0.3) is 11.8 Å². The minimum Gasteiger partial charge on any atom is -0.394 e. The van der Waals surface area contributed by atoms with E-state index in [2.05, 4.69) is 41.9 Å². The summed E-state index contributed by atoms with van der Waals surface area (Å²) < 4.78 is 0.